The number of hydrogen-bond acceptors (Lipinski definition) is 4. The lowest BCUT2D eigenvalue weighted by Crippen LogP contribution is -2.26. The molecule has 2 aromatic heterocycles. The first-order valence-electron chi connectivity index (χ1n) is 5.74. The molecule has 4 nitrogen and oxygen atoms in total. The second-order valence-corrected chi connectivity index (χ2v) is 4.79. The molecule has 2 rings (SSSR count). The van der Waals surface area contributed by atoms with Crippen LogP contribution in [0, 0.1) is 0 Å². The zero-order valence-corrected chi connectivity index (χ0v) is 10.7. The summed E-state index contributed by atoms with van der Waals surface area (Å²) in [6.07, 6.45) is 1.87. The first-order chi connectivity index (χ1) is 8.35. The Labute approximate surface area is 105 Å². The maximum absolute atomic E-state index is 8.99. The first kappa shape index (κ1) is 12.3. The van der Waals surface area contributed by atoms with Gasteiger partial charge in [0.1, 0.15) is 0 Å². The van der Waals surface area contributed by atoms with Crippen LogP contribution in [-0.4, -0.2) is 39.9 Å². The molecule has 0 atom stereocenters. The lowest BCUT2D eigenvalue weighted by atomic mass is 10.2. The fraction of sp³-hybridized carbons (Fsp3) is 0.417. The summed E-state index contributed by atoms with van der Waals surface area (Å²) in [5.74, 6) is 0. The molecule has 17 heavy (non-hydrogen) atoms. The number of H-pyrrole nitrogens is 1. The summed E-state index contributed by atoms with van der Waals surface area (Å²) in [5, 5.41) is 18.2. The van der Waals surface area contributed by atoms with E-state index in [-0.39, 0.29) is 6.61 Å². The molecule has 92 valence electrons. The number of aliphatic hydroxyl groups excluding tert-OH is 1. The van der Waals surface area contributed by atoms with Gasteiger partial charge in [-0.1, -0.05) is 13.0 Å². The third-order valence-corrected chi connectivity index (χ3v) is 3.63. The Kier molecular flexibility index (Phi) is 4.30. The van der Waals surface area contributed by atoms with E-state index in [2.05, 4.69) is 33.5 Å². The summed E-state index contributed by atoms with van der Waals surface area (Å²) >= 11 is 1.70. The largest absolute Gasteiger partial charge is 0.395 e. The third kappa shape index (κ3) is 2.94. The standard InChI is InChI=1S/C12H17N3OS/c1-2-15(5-6-16)9-10-8-13-14-12(10)11-4-3-7-17-11/h3-4,7-8,16H,2,5-6,9H2,1H3,(H,13,14). The van der Waals surface area contributed by atoms with Crippen molar-refractivity contribution in [1.29, 1.82) is 0 Å². The number of aromatic amines is 1. The number of nitrogens with zero attached hydrogens (tertiary/aromatic N) is 2. The molecule has 5 heteroatoms. The molecule has 0 amide bonds. The van der Waals surface area contributed by atoms with Crippen molar-refractivity contribution in [3.8, 4) is 10.6 Å². The second-order valence-electron chi connectivity index (χ2n) is 3.84. The SMILES string of the molecule is CCN(CCO)Cc1cn[nH]c1-c1cccs1. The fourth-order valence-electron chi connectivity index (χ4n) is 1.80. The van der Waals surface area contributed by atoms with Crippen molar-refractivity contribution < 1.29 is 5.11 Å². The van der Waals surface area contributed by atoms with E-state index >= 15 is 0 Å². The number of thiophene rings is 1. The molecule has 0 saturated carbocycles. The van der Waals surface area contributed by atoms with E-state index in [1.54, 1.807) is 11.3 Å². The highest BCUT2D eigenvalue weighted by Crippen LogP contribution is 2.26. The van der Waals surface area contributed by atoms with E-state index in [0.717, 1.165) is 18.8 Å². The highest BCUT2D eigenvalue weighted by Gasteiger charge is 2.11. The molecule has 0 aliphatic heterocycles. The summed E-state index contributed by atoms with van der Waals surface area (Å²) in [7, 11) is 0. The minimum Gasteiger partial charge on any atom is -0.395 e. The van der Waals surface area contributed by atoms with E-state index in [4.69, 9.17) is 5.11 Å². The van der Waals surface area contributed by atoms with Gasteiger partial charge in [0.15, 0.2) is 0 Å². The Hall–Kier alpha value is -1.17. The Balaban J connectivity index is 2.14. The molecule has 0 bridgehead atoms. The Morgan fingerprint density at radius 2 is 2.41 bits per heavy atom. The molecule has 2 N–H and O–H groups in total. The summed E-state index contributed by atoms with van der Waals surface area (Å²) in [6.45, 7) is 4.74. The van der Waals surface area contributed by atoms with Crippen molar-refractivity contribution in [1.82, 2.24) is 15.1 Å². The second kappa shape index (κ2) is 5.95. The predicted octanol–water partition coefficient (Wildman–Crippen LogP) is 1.95. The van der Waals surface area contributed by atoms with Crippen LogP contribution in [0.5, 0.6) is 0 Å². The van der Waals surface area contributed by atoms with E-state index in [0.29, 0.717) is 6.54 Å². The average Bonchev–Trinajstić information content (AvgIpc) is 2.98. The van der Waals surface area contributed by atoms with Crippen molar-refractivity contribution in [2.75, 3.05) is 19.7 Å². The molecule has 0 fully saturated rings. The van der Waals surface area contributed by atoms with Crippen LogP contribution in [0.1, 0.15) is 12.5 Å². The molecular formula is C12H17N3OS. The summed E-state index contributed by atoms with van der Waals surface area (Å²) in [5.41, 5.74) is 2.28. The van der Waals surface area contributed by atoms with Crippen molar-refractivity contribution in [2.45, 2.75) is 13.5 Å². The zero-order valence-electron chi connectivity index (χ0n) is 9.89. The molecule has 0 radical (unpaired) electrons. The first-order valence-corrected chi connectivity index (χ1v) is 6.62. The molecular weight excluding hydrogens is 234 g/mol. The summed E-state index contributed by atoms with van der Waals surface area (Å²) in [6, 6.07) is 4.12. The highest BCUT2D eigenvalue weighted by molar-refractivity contribution is 7.13. The smallest absolute Gasteiger partial charge is 0.0794 e. The van der Waals surface area contributed by atoms with Gasteiger partial charge in [-0.15, -0.1) is 11.3 Å². The van der Waals surface area contributed by atoms with E-state index in [1.807, 2.05) is 12.3 Å². The average molecular weight is 251 g/mol. The number of hydrogen-bond donors (Lipinski definition) is 2. The molecule has 2 heterocycles. The van der Waals surface area contributed by atoms with Crippen LogP contribution < -0.4 is 0 Å². The van der Waals surface area contributed by atoms with Crippen molar-refractivity contribution in [2.24, 2.45) is 0 Å². The van der Waals surface area contributed by atoms with E-state index < -0.39 is 0 Å². The number of aromatic nitrogens is 2. The van der Waals surface area contributed by atoms with Gasteiger partial charge in [0.25, 0.3) is 0 Å². The van der Waals surface area contributed by atoms with Gasteiger partial charge in [-0.3, -0.25) is 10.00 Å². The highest BCUT2D eigenvalue weighted by atomic mass is 32.1. The van der Waals surface area contributed by atoms with Gasteiger partial charge in [-0.2, -0.15) is 5.10 Å². The normalized spacial score (nSPS) is 11.2. The van der Waals surface area contributed by atoms with Gasteiger partial charge in [0.2, 0.25) is 0 Å². The predicted molar refractivity (Wildman–Crippen MR) is 69.9 cm³/mol. The van der Waals surface area contributed by atoms with E-state index in [1.165, 1.54) is 10.4 Å². The maximum atomic E-state index is 8.99. The van der Waals surface area contributed by atoms with Gasteiger partial charge in [-0.25, -0.2) is 0 Å². The monoisotopic (exact) mass is 251 g/mol. The minimum atomic E-state index is 0.194. The maximum Gasteiger partial charge on any atom is 0.0794 e. The fourth-order valence-corrected chi connectivity index (χ4v) is 2.55. The van der Waals surface area contributed by atoms with Crippen LogP contribution >= 0.6 is 11.3 Å². The molecule has 2 aromatic rings. The van der Waals surface area contributed by atoms with Gasteiger partial charge in [-0.05, 0) is 18.0 Å². The van der Waals surface area contributed by atoms with E-state index in [9.17, 15) is 0 Å². The van der Waals surface area contributed by atoms with Gasteiger partial charge in [0.05, 0.1) is 23.4 Å². The molecule has 0 spiro atoms. The van der Waals surface area contributed by atoms with Crippen LogP contribution in [-0.2, 0) is 6.54 Å². The molecule has 0 saturated heterocycles. The van der Waals surface area contributed by atoms with Gasteiger partial charge < -0.3 is 5.11 Å². The van der Waals surface area contributed by atoms with Crippen LogP contribution in [0.15, 0.2) is 23.7 Å². The number of nitrogens with one attached hydrogen (secondary N) is 1. The molecule has 0 aliphatic carbocycles. The quantitative estimate of drug-likeness (QED) is 0.825. The molecule has 0 unspecified atom stereocenters. The van der Waals surface area contributed by atoms with Crippen molar-refractivity contribution in [3.05, 3.63) is 29.3 Å². The van der Waals surface area contributed by atoms with Crippen LogP contribution in [0.3, 0.4) is 0 Å². The van der Waals surface area contributed by atoms with Gasteiger partial charge in [0, 0.05) is 18.7 Å². The third-order valence-electron chi connectivity index (χ3n) is 2.74. The molecule has 0 aromatic carbocycles. The molecule has 0 aliphatic rings. The number of rotatable bonds is 6. The minimum absolute atomic E-state index is 0.194. The topological polar surface area (TPSA) is 52.1 Å². The lowest BCUT2D eigenvalue weighted by molar-refractivity contribution is 0.197. The van der Waals surface area contributed by atoms with Crippen LogP contribution in [0.4, 0.5) is 0 Å². The Bertz CT molecular complexity index is 438. The van der Waals surface area contributed by atoms with Gasteiger partial charge >= 0.3 is 0 Å². The van der Waals surface area contributed by atoms with Crippen molar-refractivity contribution in [3.63, 3.8) is 0 Å². The van der Waals surface area contributed by atoms with Crippen molar-refractivity contribution >= 4 is 11.3 Å². The van der Waals surface area contributed by atoms with Crippen LogP contribution in [0.25, 0.3) is 10.6 Å². The van der Waals surface area contributed by atoms with Crippen LogP contribution in [0.2, 0.25) is 0 Å². The Morgan fingerprint density at radius 3 is 3.06 bits per heavy atom. The summed E-state index contributed by atoms with van der Waals surface area (Å²) in [4.78, 5) is 3.40. The zero-order chi connectivity index (χ0) is 12.1. The number of aliphatic hydroxyl groups is 1. The Morgan fingerprint density at radius 1 is 1.53 bits per heavy atom. The number of likely N-dealkylation sites (N-methyl/N-ethyl adjacent to an activating group) is 1. The lowest BCUT2D eigenvalue weighted by Gasteiger charge is -2.18. The summed E-state index contributed by atoms with van der Waals surface area (Å²) < 4.78 is 0.